The van der Waals surface area contributed by atoms with Crippen LogP contribution in [0.5, 0.6) is 0 Å². The van der Waals surface area contributed by atoms with E-state index >= 15 is 0 Å². The molecule has 0 aliphatic heterocycles. The largest absolute Gasteiger partial charge is 0.310 e. The predicted molar refractivity (Wildman–Crippen MR) is 87.3 cm³/mol. The van der Waals surface area contributed by atoms with Crippen LogP contribution in [0.15, 0.2) is 48.8 Å². The van der Waals surface area contributed by atoms with Gasteiger partial charge in [-0.25, -0.2) is 0 Å². The highest BCUT2D eigenvalue weighted by molar-refractivity contribution is 5.32. The van der Waals surface area contributed by atoms with E-state index in [-0.39, 0.29) is 0 Å². The zero-order chi connectivity index (χ0) is 14.7. The molecule has 1 aliphatic rings. The molecule has 1 fully saturated rings. The van der Waals surface area contributed by atoms with Crippen LogP contribution in [0.3, 0.4) is 0 Å². The van der Waals surface area contributed by atoms with Gasteiger partial charge >= 0.3 is 0 Å². The molecule has 0 spiro atoms. The molecular formula is C19H24N2. The summed E-state index contributed by atoms with van der Waals surface area (Å²) in [6, 6.07) is 13.5. The van der Waals surface area contributed by atoms with Gasteiger partial charge in [0.1, 0.15) is 0 Å². The van der Waals surface area contributed by atoms with Gasteiger partial charge in [-0.2, -0.15) is 0 Å². The molecule has 1 N–H and O–H groups in total. The van der Waals surface area contributed by atoms with Gasteiger partial charge in [-0.15, -0.1) is 0 Å². The molecule has 2 heteroatoms. The van der Waals surface area contributed by atoms with Gasteiger partial charge in [-0.05, 0) is 60.9 Å². The number of hydrogen-bond acceptors (Lipinski definition) is 2. The zero-order valence-electron chi connectivity index (χ0n) is 12.9. The van der Waals surface area contributed by atoms with Crippen LogP contribution in [0.25, 0.3) is 0 Å². The zero-order valence-corrected chi connectivity index (χ0v) is 12.9. The normalized spacial score (nSPS) is 22.0. The van der Waals surface area contributed by atoms with Gasteiger partial charge in [-0.3, -0.25) is 4.98 Å². The van der Waals surface area contributed by atoms with E-state index in [1.54, 1.807) is 0 Å². The maximum absolute atomic E-state index is 4.34. The van der Waals surface area contributed by atoms with Crippen molar-refractivity contribution in [3.05, 3.63) is 65.5 Å². The Morgan fingerprint density at radius 2 is 2.05 bits per heavy atom. The minimum Gasteiger partial charge on any atom is -0.310 e. The van der Waals surface area contributed by atoms with Crippen LogP contribution in [-0.4, -0.2) is 11.5 Å². The number of nitrogens with zero attached hydrogens (tertiary/aromatic N) is 1. The van der Waals surface area contributed by atoms with E-state index < -0.39 is 0 Å². The van der Waals surface area contributed by atoms with Gasteiger partial charge in [0.05, 0.1) is 0 Å². The summed E-state index contributed by atoms with van der Waals surface area (Å²) in [6.07, 6.45) is 6.37. The molecule has 1 aromatic carbocycles. The molecule has 3 unspecified atom stereocenters. The van der Waals surface area contributed by atoms with Gasteiger partial charge in [0.2, 0.25) is 0 Å². The number of rotatable bonds is 6. The first-order valence-electron chi connectivity index (χ1n) is 8.00. The van der Waals surface area contributed by atoms with E-state index in [0.29, 0.717) is 17.9 Å². The van der Waals surface area contributed by atoms with Gasteiger partial charge in [-0.1, -0.05) is 37.3 Å². The Hall–Kier alpha value is -1.67. The van der Waals surface area contributed by atoms with Crippen molar-refractivity contribution in [3.8, 4) is 0 Å². The topological polar surface area (TPSA) is 24.9 Å². The quantitative estimate of drug-likeness (QED) is 0.856. The lowest BCUT2D eigenvalue weighted by atomic mass is 9.96. The van der Waals surface area contributed by atoms with Gasteiger partial charge < -0.3 is 5.32 Å². The van der Waals surface area contributed by atoms with Crippen molar-refractivity contribution < 1.29 is 0 Å². The molecule has 2 aromatic rings. The third-order valence-electron chi connectivity index (χ3n) is 4.52. The number of benzene rings is 1. The Bertz CT molecular complexity index is 579. The van der Waals surface area contributed by atoms with Crippen molar-refractivity contribution in [2.24, 2.45) is 5.92 Å². The highest BCUT2D eigenvalue weighted by Gasteiger charge is 2.44. The second-order valence-electron chi connectivity index (χ2n) is 6.08. The lowest BCUT2D eigenvalue weighted by Crippen LogP contribution is -2.25. The van der Waals surface area contributed by atoms with Crippen molar-refractivity contribution in [3.63, 3.8) is 0 Å². The summed E-state index contributed by atoms with van der Waals surface area (Å²) < 4.78 is 0. The molecule has 0 amide bonds. The van der Waals surface area contributed by atoms with Crippen LogP contribution < -0.4 is 5.32 Å². The molecule has 21 heavy (non-hydrogen) atoms. The Morgan fingerprint density at radius 1 is 1.24 bits per heavy atom. The van der Waals surface area contributed by atoms with E-state index in [4.69, 9.17) is 0 Å². The molecular weight excluding hydrogens is 256 g/mol. The summed E-state index contributed by atoms with van der Waals surface area (Å²) in [5.74, 6) is 1.39. The first-order chi connectivity index (χ1) is 10.3. The van der Waals surface area contributed by atoms with Crippen LogP contribution in [0, 0.1) is 12.8 Å². The third kappa shape index (κ3) is 3.16. The number of nitrogens with one attached hydrogen (secondary N) is 1. The first-order valence-corrected chi connectivity index (χ1v) is 8.00. The van der Waals surface area contributed by atoms with Gasteiger partial charge in [0.15, 0.2) is 0 Å². The second-order valence-corrected chi connectivity index (χ2v) is 6.08. The maximum Gasteiger partial charge on any atom is 0.0372 e. The standard InChI is InChI=1S/C19H24N2/c1-3-10-21-19(18-13-20-11-9-14(18)2)17-12-16(17)15-7-5-4-6-8-15/h4-9,11,13,16-17,19,21H,3,10,12H2,1-2H3. The highest BCUT2D eigenvalue weighted by atomic mass is 14.9. The van der Waals surface area contributed by atoms with Gasteiger partial charge in [0, 0.05) is 18.4 Å². The van der Waals surface area contributed by atoms with E-state index in [1.807, 2.05) is 12.4 Å². The van der Waals surface area contributed by atoms with E-state index in [0.717, 1.165) is 6.54 Å². The van der Waals surface area contributed by atoms with E-state index in [9.17, 15) is 0 Å². The fraction of sp³-hybridized carbons (Fsp3) is 0.421. The van der Waals surface area contributed by atoms with Gasteiger partial charge in [0.25, 0.3) is 0 Å². The summed E-state index contributed by atoms with van der Waals surface area (Å²) in [6.45, 7) is 5.48. The van der Waals surface area contributed by atoms with E-state index in [1.165, 1.54) is 29.5 Å². The van der Waals surface area contributed by atoms with Crippen LogP contribution in [0.4, 0.5) is 0 Å². The Morgan fingerprint density at radius 3 is 2.76 bits per heavy atom. The van der Waals surface area contributed by atoms with Crippen molar-refractivity contribution in [1.82, 2.24) is 10.3 Å². The van der Waals surface area contributed by atoms with Crippen LogP contribution in [-0.2, 0) is 0 Å². The number of hydrogen-bond donors (Lipinski definition) is 1. The molecule has 1 heterocycles. The van der Waals surface area contributed by atoms with E-state index in [2.05, 4.69) is 60.5 Å². The molecule has 3 atom stereocenters. The molecule has 0 radical (unpaired) electrons. The number of pyridine rings is 1. The lowest BCUT2D eigenvalue weighted by molar-refractivity contribution is 0.470. The average molecular weight is 280 g/mol. The Balaban J connectivity index is 1.80. The first kappa shape index (κ1) is 14.3. The fourth-order valence-corrected chi connectivity index (χ4v) is 3.26. The summed E-state index contributed by atoms with van der Waals surface area (Å²) in [7, 11) is 0. The second kappa shape index (κ2) is 6.40. The third-order valence-corrected chi connectivity index (χ3v) is 4.52. The maximum atomic E-state index is 4.34. The molecule has 110 valence electrons. The van der Waals surface area contributed by atoms with Crippen LogP contribution in [0.2, 0.25) is 0 Å². The predicted octanol–water partition coefficient (Wildman–Crippen LogP) is 4.23. The molecule has 0 bridgehead atoms. The Kier molecular flexibility index (Phi) is 4.35. The molecule has 1 saturated carbocycles. The van der Waals surface area contributed by atoms with Crippen LogP contribution >= 0.6 is 0 Å². The number of aromatic nitrogens is 1. The highest BCUT2D eigenvalue weighted by Crippen LogP contribution is 2.54. The van der Waals surface area contributed by atoms with Crippen molar-refractivity contribution in [2.75, 3.05) is 6.54 Å². The smallest absolute Gasteiger partial charge is 0.0372 e. The van der Waals surface area contributed by atoms with Crippen molar-refractivity contribution in [1.29, 1.82) is 0 Å². The van der Waals surface area contributed by atoms with Crippen molar-refractivity contribution >= 4 is 0 Å². The summed E-state index contributed by atoms with van der Waals surface area (Å²) in [5.41, 5.74) is 4.19. The summed E-state index contributed by atoms with van der Waals surface area (Å²) in [5, 5.41) is 3.75. The molecule has 2 nitrogen and oxygen atoms in total. The Labute approximate surface area is 127 Å². The molecule has 0 saturated heterocycles. The molecule has 1 aromatic heterocycles. The average Bonchev–Trinajstić information content (AvgIpc) is 3.31. The summed E-state index contributed by atoms with van der Waals surface area (Å²) >= 11 is 0. The minimum absolute atomic E-state index is 0.434. The lowest BCUT2D eigenvalue weighted by Gasteiger charge is -2.21. The fourth-order valence-electron chi connectivity index (χ4n) is 3.26. The SMILES string of the molecule is CCCNC(c1cnccc1C)C1CC1c1ccccc1. The summed E-state index contributed by atoms with van der Waals surface area (Å²) in [4.78, 5) is 4.34. The minimum atomic E-state index is 0.434. The van der Waals surface area contributed by atoms with Crippen molar-refractivity contribution in [2.45, 2.75) is 38.6 Å². The monoisotopic (exact) mass is 280 g/mol. The van der Waals surface area contributed by atoms with Crippen LogP contribution in [0.1, 0.15) is 48.4 Å². The number of aryl methyl sites for hydroxylation is 1. The molecule has 3 rings (SSSR count). The molecule has 1 aliphatic carbocycles.